The Balaban J connectivity index is 2.32. The maximum atomic E-state index is 12.9. The average molecular weight is 340 g/mol. The molecule has 9 heteroatoms. The summed E-state index contributed by atoms with van der Waals surface area (Å²) in [6, 6.07) is 4.59. The molecule has 2 heterocycles. The van der Waals surface area contributed by atoms with Gasteiger partial charge in [-0.1, -0.05) is 6.07 Å². The number of nitrogens with zero attached hydrogens (tertiary/aromatic N) is 2. The first kappa shape index (κ1) is 16.0. The number of ether oxygens (including phenoxy) is 1. The number of Topliss-reactive ketones (excluding diaryl/α,β-unsaturated/α-hetero) is 1. The Labute approximate surface area is 132 Å². The van der Waals surface area contributed by atoms with E-state index in [2.05, 4.69) is 0 Å². The lowest BCUT2D eigenvalue weighted by Crippen LogP contribution is -2.41. The van der Waals surface area contributed by atoms with Gasteiger partial charge in [-0.25, -0.2) is 9.36 Å². The predicted octanol–water partition coefficient (Wildman–Crippen LogP) is 1.52. The maximum absolute atomic E-state index is 12.9. The third-order valence-corrected chi connectivity index (χ3v) is 3.72. The van der Waals surface area contributed by atoms with Crippen molar-refractivity contribution in [3.8, 4) is 11.4 Å². The molecular weight excluding hydrogens is 329 g/mol. The fourth-order valence-corrected chi connectivity index (χ4v) is 2.57. The van der Waals surface area contributed by atoms with E-state index in [9.17, 15) is 27.6 Å². The molecule has 0 fully saturated rings. The standard InChI is InChI=1S/C15H11F3N2O4/c1-19-11(15(16,17)18)7-12(22)20(14(19)23)9-4-2-3-8-10(21)5-6-24-13(8)9/h2-4,7H,5-6H2,1H3. The third-order valence-electron chi connectivity index (χ3n) is 3.72. The highest BCUT2D eigenvalue weighted by Gasteiger charge is 2.35. The van der Waals surface area contributed by atoms with Gasteiger partial charge in [0.05, 0.1) is 17.9 Å². The van der Waals surface area contributed by atoms with E-state index in [1.54, 1.807) is 0 Å². The molecule has 126 valence electrons. The number of hydrogen-bond donors (Lipinski definition) is 0. The molecule has 24 heavy (non-hydrogen) atoms. The van der Waals surface area contributed by atoms with Crippen LogP contribution in [0.2, 0.25) is 0 Å². The number of carbonyl (C=O) groups excluding carboxylic acids is 1. The molecule has 1 aliphatic heterocycles. The summed E-state index contributed by atoms with van der Waals surface area (Å²) in [5.41, 5.74) is -3.55. The highest BCUT2D eigenvalue weighted by atomic mass is 19.4. The van der Waals surface area contributed by atoms with E-state index in [0.717, 1.165) is 7.05 Å². The first-order valence-electron chi connectivity index (χ1n) is 6.91. The van der Waals surface area contributed by atoms with Gasteiger partial charge in [0.25, 0.3) is 5.56 Å². The summed E-state index contributed by atoms with van der Waals surface area (Å²) in [7, 11) is 0.919. The number of para-hydroxylation sites is 1. The van der Waals surface area contributed by atoms with Crippen LogP contribution in [0.5, 0.6) is 5.75 Å². The number of rotatable bonds is 1. The Morgan fingerprint density at radius 3 is 2.54 bits per heavy atom. The highest BCUT2D eigenvalue weighted by Crippen LogP contribution is 2.31. The smallest absolute Gasteiger partial charge is 0.431 e. The van der Waals surface area contributed by atoms with Crippen molar-refractivity contribution in [2.24, 2.45) is 7.05 Å². The van der Waals surface area contributed by atoms with Gasteiger partial charge in [0, 0.05) is 19.5 Å². The molecule has 0 saturated carbocycles. The molecule has 1 aromatic carbocycles. The summed E-state index contributed by atoms with van der Waals surface area (Å²) in [6.07, 6.45) is -4.69. The second kappa shape index (κ2) is 5.36. The number of ketones is 1. The molecule has 2 aromatic rings. The van der Waals surface area contributed by atoms with Crippen LogP contribution in [0, 0.1) is 0 Å². The molecule has 0 bridgehead atoms. The fourth-order valence-electron chi connectivity index (χ4n) is 2.57. The lowest BCUT2D eigenvalue weighted by Gasteiger charge is -2.20. The second-order valence-electron chi connectivity index (χ2n) is 5.22. The van der Waals surface area contributed by atoms with Crippen LogP contribution in [0.15, 0.2) is 33.9 Å². The zero-order valence-electron chi connectivity index (χ0n) is 12.4. The summed E-state index contributed by atoms with van der Waals surface area (Å²) < 4.78 is 44.9. The van der Waals surface area contributed by atoms with Crippen molar-refractivity contribution >= 4 is 5.78 Å². The molecule has 0 atom stereocenters. The van der Waals surface area contributed by atoms with Gasteiger partial charge in [0.15, 0.2) is 11.5 Å². The monoisotopic (exact) mass is 340 g/mol. The molecule has 1 aliphatic rings. The predicted molar refractivity (Wildman–Crippen MR) is 76.7 cm³/mol. The number of halogens is 3. The molecule has 0 saturated heterocycles. The fraction of sp³-hybridized carbons (Fsp3) is 0.267. The minimum Gasteiger partial charge on any atom is -0.490 e. The van der Waals surface area contributed by atoms with E-state index in [0.29, 0.717) is 15.2 Å². The van der Waals surface area contributed by atoms with Crippen molar-refractivity contribution in [3.63, 3.8) is 0 Å². The van der Waals surface area contributed by atoms with Gasteiger partial charge >= 0.3 is 11.9 Å². The van der Waals surface area contributed by atoms with Crippen molar-refractivity contribution in [1.29, 1.82) is 0 Å². The average Bonchev–Trinajstić information content (AvgIpc) is 2.51. The second-order valence-corrected chi connectivity index (χ2v) is 5.22. The zero-order valence-corrected chi connectivity index (χ0v) is 12.4. The van der Waals surface area contributed by atoms with Crippen LogP contribution in [0.3, 0.4) is 0 Å². The number of hydrogen-bond acceptors (Lipinski definition) is 4. The molecule has 3 rings (SSSR count). The minimum absolute atomic E-state index is 0.0210. The number of fused-ring (bicyclic) bond motifs is 1. The van der Waals surface area contributed by atoms with Gasteiger partial charge in [-0.2, -0.15) is 13.2 Å². The normalized spacial score (nSPS) is 14.2. The largest absolute Gasteiger partial charge is 0.490 e. The van der Waals surface area contributed by atoms with Gasteiger partial charge in [-0.15, -0.1) is 0 Å². The van der Waals surface area contributed by atoms with Crippen molar-refractivity contribution in [2.75, 3.05) is 6.61 Å². The number of aromatic nitrogens is 2. The Morgan fingerprint density at radius 2 is 1.88 bits per heavy atom. The topological polar surface area (TPSA) is 70.3 Å². The van der Waals surface area contributed by atoms with E-state index in [4.69, 9.17) is 4.74 Å². The summed E-state index contributed by atoms with van der Waals surface area (Å²) in [4.78, 5) is 36.3. The van der Waals surface area contributed by atoms with Crippen LogP contribution in [-0.4, -0.2) is 21.5 Å². The Bertz CT molecular complexity index is 957. The SMILES string of the molecule is Cn1c(C(F)(F)F)cc(=O)n(-c2cccc3c2OCCC3=O)c1=O. The van der Waals surface area contributed by atoms with Crippen LogP contribution in [0.25, 0.3) is 5.69 Å². The summed E-state index contributed by atoms with van der Waals surface area (Å²) in [5, 5.41) is 0. The summed E-state index contributed by atoms with van der Waals surface area (Å²) >= 11 is 0. The first-order valence-corrected chi connectivity index (χ1v) is 6.91. The molecule has 0 radical (unpaired) electrons. The lowest BCUT2D eigenvalue weighted by molar-refractivity contribution is -0.144. The Hall–Kier alpha value is -2.84. The van der Waals surface area contributed by atoms with E-state index in [1.807, 2.05) is 0 Å². The van der Waals surface area contributed by atoms with Crippen LogP contribution >= 0.6 is 0 Å². The van der Waals surface area contributed by atoms with Crippen LogP contribution in [0.1, 0.15) is 22.5 Å². The Kier molecular flexibility index (Phi) is 3.58. The molecule has 0 aliphatic carbocycles. The van der Waals surface area contributed by atoms with Crippen molar-refractivity contribution in [2.45, 2.75) is 12.6 Å². The van der Waals surface area contributed by atoms with Crippen molar-refractivity contribution in [3.05, 3.63) is 56.4 Å². The highest BCUT2D eigenvalue weighted by molar-refractivity contribution is 6.00. The molecule has 0 N–H and O–H groups in total. The number of benzene rings is 1. The van der Waals surface area contributed by atoms with E-state index >= 15 is 0 Å². The molecule has 0 amide bonds. The van der Waals surface area contributed by atoms with Crippen LogP contribution in [-0.2, 0) is 13.2 Å². The molecular formula is C15H11F3N2O4. The van der Waals surface area contributed by atoms with Gasteiger partial charge in [-0.05, 0) is 12.1 Å². The summed E-state index contributed by atoms with van der Waals surface area (Å²) in [6.45, 7) is 0.0680. The molecule has 6 nitrogen and oxygen atoms in total. The van der Waals surface area contributed by atoms with Gasteiger partial charge < -0.3 is 4.74 Å². The summed E-state index contributed by atoms with van der Waals surface area (Å²) in [5.74, 6) is -0.206. The van der Waals surface area contributed by atoms with Crippen molar-refractivity contribution in [1.82, 2.24) is 9.13 Å². The van der Waals surface area contributed by atoms with Gasteiger partial charge in [0.2, 0.25) is 0 Å². The maximum Gasteiger partial charge on any atom is 0.431 e. The van der Waals surface area contributed by atoms with Crippen molar-refractivity contribution < 1.29 is 22.7 Å². The van der Waals surface area contributed by atoms with Gasteiger partial charge in [0.1, 0.15) is 5.69 Å². The zero-order chi connectivity index (χ0) is 17.6. The molecule has 1 aromatic heterocycles. The quantitative estimate of drug-likeness (QED) is 0.789. The van der Waals surface area contributed by atoms with E-state index < -0.39 is 23.1 Å². The van der Waals surface area contributed by atoms with Gasteiger partial charge in [-0.3, -0.25) is 14.2 Å². The van der Waals surface area contributed by atoms with Crippen LogP contribution < -0.4 is 16.0 Å². The van der Waals surface area contributed by atoms with Crippen LogP contribution in [0.4, 0.5) is 13.2 Å². The van der Waals surface area contributed by atoms with E-state index in [1.165, 1.54) is 18.2 Å². The Morgan fingerprint density at radius 1 is 1.17 bits per heavy atom. The number of carbonyl (C=O) groups is 1. The lowest BCUT2D eigenvalue weighted by atomic mass is 10.0. The molecule has 0 unspecified atom stereocenters. The number of alkyl halides is 3. The third kappa shape index (κ3) is 2.41. The molecule has 0 spiro atoms. The minimum atomic E-state index is -4.84. The first-order chi connectivity index (χ1) is 11.2. The van der Waals surface area contributed by atoms with E-state index in [-0.39, 0.29) is 35.8 Å².